The van der Waals surface area contributed by atoms with Crippen LogP contribution in [-0.2, 0) is 20.9 Å². The molecule has 6 nitrogen and oxygen atoms in total. The summed E-state index contributed by atoms with van der Waals surface area (Å²) < 4.78 is 12.5. The van der Waals surface area contributed by atoms with Crippen LogP contribution in [0.3, 0.4) is 0 Å². The summed E-state index contributed by atoms with van der Waals surface area (Å²) in [4.78, 5) is 29.1. The molecule has 0 saturated heterocycles. The van der Waals surface area contributed by atoms with E-state index in [1.54, 1.807) is 12.1 Å². The van der Waals surface area contributed by atoms with E-state index in [0.29, 0.717) is 12.3 Å². The number of ether oxygens (including phenoxy) is 2. The number of aromatic nitrogens is 2. The lowest BCUT2D eigenvalue weighted by Gasteiger charge is -2.10. The third-order valence-electron chi connectivity index (χ3n) is 5.42. The minimum absolute atomic E-state index is 0.0358. The van der Waals surface area contributed by atoms with E-state index >= 15 is 0 Å². The molecule has 0 aliphatic carbocycles. The predicted octanol–water partition coefficient (Wildman–Crippen LogP) is 5.25. The van der Waals surface area contributed by atoms with E-state index in [2.05, 4.69) is 29.7 Å². The van der Waals surface area contributed by atoms with Gasteiger partial charge < -0.3 is 14.0 Å². The van der Waals surface area contributed by atoms with Crippen LogP contribution in [0.25, 0.3) is 11.0 Å². The molecule has 0 aliphatic heterocycles. The van der Waals surface area contributed by atoms with Crippen LogP contribution < -0.4 is 4.74 Å². The number of benzene rings is 3. The molecule has 0 bridgehead atoms. The number of carbonyl (C=O) groups is 2. The van der Waals surface area contributed by atoms with Crippen molar-refractivity contribution in [3.63, 3.8) is 0 Å². The maximum absolute atomic E-state index is 12.3. The second-order valence-electron chi connectivity index (χ2n) is 8.13. The number of esters is 2. The third-order valence-corrected chi connectivity index (χ3v) is 6.37. The summed E-state index contributed by atoms with van der Waals surface area (Å²) in [5.74, 6) is -0.651. The molecule has 0 radical (unpaired) electrons. The van der Waals surface area contributed by atoms with Gasteiger partial charge in [-0.15, -0.1) is 0 Å². The van der Waals surface area contributed by atoms with Crippen LogP contribution in [0.2, 0.25) is 0 Å². The highest BCUT2D eigenvalue weighted by Gasteiger charge is 2.15. The molecule has 1 aromatic heterocycles. The number of aryl methyl sites for hydroxylation is 3. The SMILES string of the molecule is Cc1cccc(Cn2c(SCC(=O)OCC(=O)Oc3ccc(C)c(C)c3)nc3ccccc32)c1. The van der Waals surface area contributed by atoms with Crippen molar-refractivity contribution in [2.45, 2.75) is 32.5 Å². The van der Waals surface area contributed by atoms with Crippen molar-refractivity contribution in [1.82, 2.24) is 9.55 Å². The number of carbonyl (C=O) groups excluding carboxylic acids is 2. The predicted molar refractivity (Wildman–Crippen MR) is 133 cm³/mol. The van der Waals surface area contributed by atoms with Gasteiger partial charge in [-0.3, -0.25) is 4.79 Å². The molecule has 174 valence electrons. The van der Waals surface area contributed by atoms with E-state index in [1.165, 1.54) is 17.3 Å². The highest BCUT2D eigenvalue weighted by molar-refractivity contribution is 7.99. The fourth-order valence-electron chi connectivity index (χ4n) is 3.55. The Morgan fingerprint density at radius 1 is 0.912 bits per heavy atom. The number of thioether (sulfide) groups is 1. The Hall–Kier alpha value is -3.58. The molecule has 7 heteroatoms. The zero-order chi connectivity index (χ0) is 24.1. The second kappa shape index (κ2) is 10.6. The second-order valence-corrected chi connectivity index (χ2v) is 9.07. The Morgan fingerprint density at radius 3 is 2.53 bits per heavy atom. The molecule has 0 saturated carbocycles. The fraction of sp³-hybridized carbons (Fsp3) is 0.222. The Labute approximate surface area is 202 Å². The van der Waals surface area contributed by atoms with Gasteiger partial charge in [0.2, 0.25) is 0 Å². The number of imidazole rings is 1. The number of nitrogens with zero attached hydrogens (tertiary/aromatic N) is 2. The molecule has 1 heterocycles. The van der Waals surface area contributed by atoms with Gasteiger partial charge in [0, 0.05) is 0 Å². The van der Waals surface area contributed by atoms with Crippen LogP contribution in [0.15, 0.2) is 71.9 Å². The topological polar surface area (TPSA) is 70.4 Å². The van der Waals surface area contributed by atoms with Crippen LogP contribution >= 0.6 is 11.8 Å². The largest absolute Gasteiger partial charge is 0.453 e. The number of hydrogen-bond donors (Lipinski definition) is 0. The molecule has 0 atom stereocenters. The van der Waals surface area contributed by atoms with Gasteiger partial charge in [0.25, 0.3) is 0 Å². The molecule has 3 aromatic carbocycles. The minimum atomic E-state index is -0.617. The first kappa shape index (κ1) is 23.6. The van der Waals surface area contributed by atoms with Gasteiger partial charge in [-0.2, -0.15) is 0 Å². The van der Waals surface area contributed by atoms with Crippen molar-refractivity contribution < 1.29 is 19.1 Å². The third kappa shape index (κ3) is 5.85. The molecule has 34 heavy (non-hydrogen) atoms. The Morgan fingerprint density at radius 2 is 1.74 bits per heavy atom. The first-order valence-electron chi connectivity index (χ1n) is 11.0. The van der Waals surface area contributed by atoms with Gasteiger partial charge in [0.1, 0.15) is 5.75 Å². The summed E-state index contributed by atoms with van der Waals surface area (Å²) in [6, 6.07) is 21.6. The Kier molecular flexibility index (Phi) is 7.33. The van der Waals surface area contributed by atoms with Gasteiger partial charge in [-0.05, 0) is 61.7 Å². The number of rotatable bonds is 8. The first-order valence-corrected chi connectivity index (χ1v) is 11.9. The van der Waals surface area contributed by atoms with Crippen LogP contribution in [0.4, 0.5) is 0 Å². The monoisotopic (exact) mass is 474 g/mol. The average Bonchev–Trinajstić information content (AvgIpc) is 3.16. The zero-order valence-corrected chi connectivity index (χ0v) is 20.2. The molecule has 0 aliphatic rings. The van der Waals surface area contributed by atoms with Gasteiger partial charge in [0.05, 0.1) is 23.3 Å². The fourth-order valence-corrected chi connectivity index (χ4v) is 4.36. The summed E-state index contributed by atoms with van der Waals surface area (Å²) in [5.41, 5.74) is 6.33. The molecular weight excluding hydrogens is 448 g/mol. The molecular formula is C27H26N2O4S. The average molecular weight is 475 g/mol. The summed E-state index contributed by atoms with van der Waals surface area (Å²) in [7, 11) is 0. The lowest BCUT2D eigenvalue weighted by molar-refractivity contribution is -0.151. The molecule has 0 amide bonds. The lowest BCUT2D eigenvalue weighted by Crippen LogP contribution is -2.20. The van der Waals surface area contributed by atoms with E-state index in [0.717, 1.165) is 32.9 Å². The normalized spacial score (nSPS) is 10.9. The number of hydrogen-bond acceptors (Lipinski definition) is 6. The highest BCUT2D eigenvalue weighted by atomic mass is 32.2. The van der Waals surface area contributed by atoms with Crippen LogP contribution in [0, 0.1) is 20.8 Å². The molecule has 0 spiro atoms. The standard InChI is InChI=1S/C27H26N2O4S/c1-18-7-6-8-21(13-18)15-29-24-10-5-4-9-23(24)28-27(29)34-17-26(31)32-16-25(30)33-22-12-11-19(2)20(3)14-22/h4-14H,15-17H2,1-3H3. The van der Waals surface area contributed by atoms with Crippen LogP contribution in [0.1, 0.15) is 22.3 Å². The molecule has 4 rings (SSSR count). The summed E-state index contributed by atoms with van der Waals surface area (Å²) in [6.45, 7) is 6.19. The van der Waals surface area contributed by atoms with Crippen molar-refractivity contribution >= 4 is 34.7 Å². The smallest absolute Gasteiger partial charge is 0.349 e. The van der Waals surface area contributed by atoms with Gasteiger partial charge in [0.15, 0.2) is 11.8 Å². The van der Waals surface area contributed by atoms with Crippen molar-refractivity contribution in [3.8, 4) is 5.75 Å². The van der Waals surface area contributed by atoms with Crippen molar-refractivity contribution in [1.29, 1.82) is 0 Å². The molecule has 0 N–H and O–H groups in total. The van der Waals surface area contributed by atoms with Crippen LogP contribution in [0.5, 0.6) is 5.75 Å². The zero-order valence-electron chi connectivity index (χ0n) is 19.4. The van der Waals surface area contributed by atoms with Crippen molar-refractivity contribution in [3.05, 3.63) is 89.0 Å². The maximum atomic E-state index is 12.3. The molecule has 0 fully saturated rings. The van der Waals surface area contributed by atoms with Crippen molar-refractivity contribution in [2.24, 2.45) is 0 Å². The maximum Gasteiger partial charge on any atom is 0.349 e. The van der Waals surface area contributed by atoms with E-state index in [1.807, 2.05) is 50.2 Å². The number of fused-ring (bicyclic) bond motifs is 1. The minimum Gasteiger partial charge on any atom is -0.453 e. The van der Waals surface area contributed by atoms with E-state index in [4.69, 9.17) is 14.5 Å². The summed E-state index contributed by atoms with van der Waals surface area (Å²) in [5, 5.41) is 0.720. The summed E-state index contributed by atoms with van der Waals surface area (Å²) in [6.07, 6.45) is 0. The van der Waals surface area contributed by atoms with Gasteiger partial charge in [-0.1, -0.05) is 59.8 Å². The Balaban J connectivity index is 1.37. The lowest BCUT2D eigenvalue weighted by atomic mass is 10.1. The summed E-state index contributed by atoms with van der Waals surface area (Å²) >= 11 is 1.29. The highest BCUT2D eigenvalue weighted by Crippen LogP contribution is 2.25. The van der Waals surface area contributed by atoms with E-state index in [9.17, 15) is 9.59 Å². The number of para-hydroxylation sites is 2. The molecule has 0 unspecified atom stereocenters. The Bertz CT molecular complexity index is 1350. The van der Waals surface area contributed by atoms with Gasteiger partial charge >= 0.3 is 11.9 Å². The van der Waals surface area contributed by atoms with E-state index < -0.39 is 18.5 Å². The van der Waals surface area contributed by atoms with E-state index in [-0.39, 0.29) is 5.75 Å². The van der Waals surface area contributed by atoms with Crippen molar-refractivity contribution in [2.75, 3.05) is 12.4 Å². The van der Waals surface area contributed by atoms with Crippen LogP contribution in [-0.4, -0.2) is 33.8 Å². The molecule has 4 aromatic rings. The first-order chi connectivity index (χ1) is 16.4. The quantitative estimate of drug-likeness (QED) is 0.197. The van der Waals surface area contributed by atoms with Gasteiger partial charge in [-0.25, -0.2) is 9.78 Å².